The summed E-state index contributed by atoms with van der Waals surface area (Å²) < 4.78 is 0. The molecule has 2 bridgehead atoms. The number of nitrogens with zero attached hydrogens (tertiary/aromatic N) is 2. The molecule has 4 aliphatic heterocycles. The minimum Gasteiger partial charge on any atom is -0.303 e. The highest BCUT2D eigenvalue weighted by Crippen LogP contribution is 2.42. The highest BCUT2D eigenvalue weighted by molar-refractivity contribution is 6.25. The van der Waals surface area contributed by atoms with E-state index >= 15 is 0 Å². The van der Waals surface area contributed by atoms with E-state index in [0.717, 1.165) is 49.7 Å². The first-order valence-electron chi connectivity index (χ1n) is 8.33. The Balaban J connectivity index is 1.72. The fraction of sp³-hybridized carbons (Fsp3) is 0.368. The first kappa shape index (κ1) is 13.3. The molecular formula is C19H18N2O2. The van der Waals surface area contributed by atoms with Gasteiger partial charge in [-0.15, -0.1) is 0 Å². The van der Waals surface area contributed by atoms with Crippen LogP contribution in [0.1, 0.15) is 40.0 Å². The number of amides is 2. The van der Waals surface area contributed by atoms with Gasteiger partial charge >= 0.3 is 0 Å². The fourth-order valence-corrected chi connectivity index (χ4v) is 4.61. The summed E-state index contributed by atoms with van der Waals surface area (Å²) in [4.78, 5) is 30.4. The molecule has 3 fully saturated rings. The van der Waals surface area contributed by atoms with E-state index in [9.17, 15) is 9.59 Å². The maximum atomic E-state index is 13.2. The summed E-state index contributed by atoms with van der Waals surface area (Å²) in [5.74, 6) is -0.204. The van der Waals surface area contributed by atoms with Crippen LogP contribution in [0.5, 0.6) is 0 Å². The van der Waals surface area contributed by atoms with E-state index < -0.39 is 0 Å². The molecule has 4 aliphatic rings. The number of carbonyl (C=O) groups excluding carboxylic acids is 2. The Morgan fingerprint density at radius 2 is 1.30 bits per heavy atom. The maximum absolute atomic E-state index is 13.2. The van der Waals surface area contributed by atoms with Gasteiger partial charge in [-0.2, -0.15) is 0 Å². The molecule has 0 unspecified atom stereocenters. The third-order valence-electron chi connectivity index (χ3n) is 5.93. The van der Waals surface area contributed by atoms with E-state index in [2.05, 4.69) is 4.90 Å². The number of benzene rings is 2. The molecule has 4 heteroatoms. The van der Waals surface area contributed by atoms with Crippen molar-refractivity contribution in [3.63, 3.8) is 0 Å². The van der Waals surface area contributed by atoms with Crippen molar-refractivity contribution >= 4 is 22.6 Å². The van der Waals surface area contributed by atoms with E-state index in [4.69, 9.17) is 0 Å². The normalized spacial score (nSPS) is 29.4. The smallest absolute Gasteiger partial charge is 0.261 e. The van der Waals surface area contributed by atoms with Crippen molar-refractivity contribution in [1.82, 2.24) is 9.80 Å². The molecule has 2 aromatic carbocycles. The molecule has 2 amide bonds. The summed E-state index contributed by atoms with van der Waals surface area (Å²) in [7, 11) is 0. The number of carbonyl (C=O) groups is 2. The van der Waals surface area contributed by atoms with Crippen LogP contribution in [-0.4, -0.2) is 46.8 Å². The lowest BCUT2D eigenvalue weighted by atomic mass is 9.76. The Labute approximate surface area is 134 Å². The SMILES string of the molecule is O=C1c2cccc3cccc(c23)C(=O)N1C12CCN(CC1)CC2. The number of fused-ring (bicyclic) bond motifs is 3. The van der Waals surface area contributed by atoms with Gasteiger partial charge in [0.15, 0.2) is 0 Å². The zero-order valence-corrected chi connectivity index (χ0v) is 12.9. The summed E-state index contributed by atoms with van der Waals surface area (Å²) in [5, 5.41) is 1.79. The molecule has 116 valence electrons. The quantitative estimate of drug-likeness (QED) is 0.761. The molecule has 2 aromatic rings. The predicted molar refractivity (Wildman–Crippen MR) is 87.5 cm³/mol. The average Bonchev–Trinajstić information content (AvgIpc) is 2.61. The van der Waals surface area contributed by atoms with Crippen LogP contribution in [0.2, 0.25) is 0 Å². The summed E-state index contributed by atoms with van der Waals surface area (Å²) >= 11 is 0. The second kappa shape index (κ2) is 4.42. The monoisotopic (exact) mass is 306 g/mol. The van der Waals surface area contributed by atoms with E-state index in [1.165, 1.54) is 0 Å². The van der Waals surface area contributed by atoms with Gasteiger partial charge in [0, 0.05) is 36.1 Å². The van der Waals surface area contributed by atoms with Crippen LogP contribution in [0.25, 0.3) is 10.8 Å². The summed E-state index contributed by atoms with van der Waals surface area (Å²) in [5.41, 5.74) is 1.08. The summed E-state index contributed by atoms with van der Waals surface area (Å²) in [6.45, 7) is 2.97. The Hall–Kier alpha value is -2.20. The molecule has 0 saturated carbocycles. The Kier molecular flexibility index (Phi) is 2.55. The number of rotatable bonds is 1. The minimum absolute atomic E-state index is 0.102. The van der Waals surface area contributed by atoms with Crippen molar-refractivity contribution in [2.75, 3.05) is 19.6 Å². The second-order valence-electron chi connectivity index (χ2n) is 6.97. The van der Waals surface area contributed by atoms with Crippen molar-refractivity contribution in [2.45, 2.75) is 24.8 Å². The standard InChI is InChI=1S/C19H18N2O2/c22-17-14-5-1-3-13-4-2-6-15(16(13)14)18(23)21(17)19-7-10-20(11-8-19)12-9-19/h1-6H,7-12H2. The third-order valence-corrected chi connectivity index (χ3v) is 5.93. The van der Waals surface area contributed by atoms with Crippen molar-refractivity contribution in [1.29, 1.82) is 0 Å². The molecule has 6 rings (SSSR count). The molecule has 23 heavy (non-hydrogen) atoms. The first-order valence-corrected chi connectivity index (χ1v) is 8.33. The van der Waals surface area contributed by atoms with Gasteiger partial charge in [0.25, 0.3) is 11.8 Å². The van der Waals surface area contributed by atoms with Gasteiger partial charge in [-0.05, 0) is 36.8 Å². The molecule has 4 nitrogen and oxygen atoms in total. The Morgan fingerprint density at radius 1 is 0.783 bits per heavy atom. The van der Waals surface area contributed by atoms with Gasteiger partial charge in [0.2, 0.25) is 0 Å². The van der Waals surface area contributed by atoms with Crippen LogP contribution in [-0.2, 0) is 0 Å². The summed E-state index contributed by atoms with van der Waals surface area (Å²) in [6, 6.07) is 11.5. The van der Waals surface area contributed by atoms with Crippen LogP contribution in [0, 0.1) is 0 Å². The molecule has 0 atom stereocenters. The van der Waals surface area contributed by atoms with E-state index in [1.54, 1.807) is 4.90 Å². The lowest BCUT2D eigenvalue weighted by Gasteiger charge is -2.53. The van der Waals surface area contributed by atoms with E-state index in [1.807, 2.05) is 36.4 Å². The zero-order valence-electron chi connectivity index (χ0n) is 12.9. The molecule has 0 N–H and O–H groups in total. The van der Waals surface area contributed by atoms with Gasteiger partial charge in [0.05, 0.1) is 5.54 Å². The van der Waals surface area contributed by atoms with Crippen LogP contribution in [0.15, 0.2) is 36.4 Å². The van der Waals surface area contributed by atoms with Gasteiger partial charge in [-0.1, -0.05) is 24.3 Å². The van der Waals surface area contributed by atoms with Crippen LogP contribution >= 0.6 is 0 Å². The largest absolute Gasteiger partial charge is 0.303 e. The summed E-state index contributed by atoms with van der Waals surface area (Å²) in [6.07, 6.45) is 2.72. The van der Waals surface area contributed by atoms with E-state index in [0.29, 0.717) is 11.1 Å². The second-order valence-corrected chi connectivity index (χ2v) is 6.97. The van der Waals surface area contributed by atoms with Crippen molar-refractivity contribution in [2.24, 2.45) is 0 Å². The molecule has 4 heterocycles. The molecule has 0 aliphatic carbocycles. The van der Waals surface area contributed by atoms with E-state index in [-0.39, 0.29) is 17.4 Å². The molecule has 0 spiro atoms. The van der Waals surface area contributed by atoms with Crippen molar-refractivity contribution in [3.8, 4) is 0 Å². The number of hydrogen-bond donors (Lipinski definition) is 0. The Morgan fingerprint density at radius 3 is 1.83 bits per heavy atom. The minimum atomic E-state index is -0.279. The highest BCUT2D eigenvalue weighted by atomic mass is 16.2. The molecular weight excluding hydrogens is 288 g/mol. The number of imide groups is 1. The van der Waals surface area contributed by atoms with Crippen molar-refractivity contribution in [3.05, 3.63) is 47.5 Å². The lowest BCUT2D eigenvalue weighted by Crippen LogP contribution is -2.64. The average molecular weight is 306 g/mol. The molecule has 3 saturated heterocycles. The predicted octanol–water partition coefficient (Wildman–Crippen LogP) is 2.67. The highest BCUT2D eigenvalue weighted by Gasteiger charge is 2.50. The molecule has 0 aromatic heterocycles. The Bertz CT molecular complexity index is 785. The molecule has 0 radical (unpaired) electrons. The first-order chi connectivity index (χ1) is 11.2. The van der Waals surface area contributed by atoms with Crippen LogP contribution < -0.4 is 0 Å². The third kappa shape index (κ3) is 1.64. The van der Waals surface area contributed by atoms with Gasteiger partial charge < -0.3 is 4.90 Å². The zero-order chi connectivity index (χ0) is 15.6. The van der Waals surface area contributed by atoms with Gasteiger partial charge in [0.1, 0.15) is 0 Å². The van der Waals surface area contributed by atoms with Gasteiger partial charge in [-0.25, -0.2) is 0 Å². The fourth-order valence-electron chi connectivity index (χ4n) is 4.61. The number of hydrogen-bond acceptors (Lipinski definition) is 3. The number of piperidine rings is 3. The maximum Gasteiger partial charge on any atom is 0.261 e. The van der Waals surface area contributed by atoms with Gasteiger partial charge in [-0.3, -0.25) is 14.5 Å². The van der Waals surface area contributed by atoms with Crippen molar-refractivity contribution < 1.29 is 9.59 Å². The van der Waals surface area contributed by atoms with Crippen LogP contribution in [0.3, 0.4) is 0 Å². The lowest BCUT2D eigenvalue weighted by molar-refractivity contribution is -0.0136. The topological polar surface area (TPSA) is 40.6 Å². The van der Waals surface area contributed by atoms with Crippen LogP contribution in [0.4, 0.5) is 0 Å².